The Morgan fingerprint density at radius 2 is 1.53 bits per heavy atom. The van der Waals surface area contributed by atoms with Gasteiger partial charge in [0, 0.05) is 37.9 Å². The van der Waals surface area contributed by atoms with Gasteiger partial charge in [-0.3, -0.25) is 4.79 Å². The lowest BCUT2D eigenvalue weighted by Crippen LogP contribution is -2.48. The summed E-state index contributed by atoms with van der Waals surface area (Å²) in [5.41, 5.74) is 2.15. The van der Waals surface area contributed by atoms with Gasteiger partial charge in [-0.05, 0) is 40.8 Å². The summed E-state index contributed by atoms with van der Waals surface area (Å²) in [5.74, 6) is -0.0846. The molecule has 0 aromatic heterocycles. The van der Waals surface area contributed by atoms with Crippen LogP contribution in [0.1, 0.15) is 37.5 Å². The van der Waals surface area contributed by atoms with E-state index >= 15 is 0 Å². The van der Waals surface area contributed by atoms with Gasteiger partial charge in [-0.15, -0.1) is 0 Å². The smallest absolute Gasteiger partial charge is 0.368 e. The van der Waals surface area contributed by atoms with E-state index in [4.69, 9.17) is 0 Å². The van der Waals surface area contributed by atoms with Crippen molar-refractivity contribution in [2.75, 3.05) is 31.1 Å². The maximum Gasteiger partial charge on any atom is 0.416 e. The minimum Gasteiger partial charge on any atom is -0.368 e. The van der Waals surface area contributed by atoms with Crippen molar-refractivity contribution in [3.63, 3.8) is 0 Å². The van der Waals surface area contributed by atoms with E-state index in [0.717, 1.165) is 11.6 Å². The molecule has 0 unspecified atom stereocenters. The molecule has 0 radical (unpaired) electrons. The van der Waals surface area contributed by atoms with Crippen molar-refractivity contribution in [1.29, 1.82) is 0 Å². The molecule has 0 spiro atoms. The van der Waals surface area contributed by atoms with Crippen LogP contribution in [-0.4, -0.2) is 37.0 Å². The molecule has 0 aliphatic carbocycles. The molecule has 1 saturated heterocycles. The second-order valence-electron chi connectivity index (χ2n) is 8.57. The third-order valence-electron chi connectivity index (χ3n) is 5.33. The molecule has 3 nitrogen and oxygen atoms in total. The average Bonchev–Trinajstić information content (AvgIpc) is 2.71. The van der Waals surface area contributed by atoms with Gasteiger partial charge in [-0.25, -0.2) is 0 Å². The third-order valence-corrected chi connectivity index (χ3v) is 5.33. The highest BCUT2D eigenvalue weighted by Crippen LogP contribution is 2.32. The predicted octanol–water partition coefficient (Wildman–Crippen LogP) is 5.36. The Morgan fingerprint density at radius 3 is 2.10 bits per heavy atom. The summed E-state index contributed by atoms with van der Waals surface area (Å²) in [7, 11) is 0. The zero-order valence-electron chi connectivity index (χ0n) is 17.5. The first kappa shape index (κ1) is 21.9. The topological polar surface area (TPSA) is 23.6 Å². The number of anilines is 1. The molecule has 1 aliphatic heterocycles. The number of rotatable bonds is 3. The highest BCUT2D eigenvalue weighted by molar-refractivity contribution is 5.92. The van der Waals surface area contributed by atoms with Gasteiger partial charge < -0.3 is 9.80 Å². The number of alkyl halides is 3. The Hall–Kier alpha value is -2.76. The molecule has 0 atom stereocenters. The highest BCUT2D eigenvalue weighted by Gasteiger charge is 2.31. The maximum atomic E-state index is 12.9. The van der Waals surface area contributed by atoms with Gasteiger partial charge in [-0.1, -0.05) is 51.1 Å². The molecule has 160 valence electrons. The number of nitrogens with zero attached hydrogens (tertiary/aromatic N) is 2. The first-order chi connectivity index (χ1) is 14.0. The van der Waals surface area contributed by atoms with Crippen LogP contribution < -0.4 is 4.90 Å². The summed E-state index contributed by atoms with van der Waals surface area (Å²) in [5, 5.41) is 0. The van der Waals surface area contributed by atoms with Crippen LogP contribution in [0.3, 0.4) is 0 Å². The van der Waals surface area contributed by atoms with E-state index < -0.39 is 11.7 Å². The Kier molecular flexibility index (Phi) is 6.25. The van der Waals surface area contributed by atoms with Gasteiger partial charge in [0.15, 0.2) is 0 Å². The second kappa shape index (κ2) is 8.54. The highest BCUT2D eigenvalue weighted by atomic mass is 19.4. The number of benzene rings is 2. The van der Waals surface area contributed by atoms with Crippen LogP contribution in [-0.2, 0) is 16.4 Å². The molecule has 1 heterocycles. The molecule has 3 rings (SSSR count). The number of hydrogen-bond acceptors (Lipinski definition) is 2. The van der Waals surface area contributed by atoms with Crippen molar-refractivity contribution in [2.45, 2.75) is 32.4 Å². The molecule has 2 aromatic rings. The number of amides is 1. The first-order valence-corrected chi connectivity index (χ1v) is 10.0. The molecule has 1 aliphatic rings. The minimum atomic E-state index is -4.36. The molecule has 6 heteroatoms. The lowest BCUT2D eigenvalue weighted by atomic mass is 9.87. The van der Waals surface area contributed by atoms with E-state index in [-0.39, 0.29) is 11.3 Å². The summed E-state index contributed by atoms with van der Waals surface area (Å²) >= 11 is 0. The van der Waals surface area contributed by atoms with E-state index in [1.165, 1.54) is 17.7 Å². The first-order valence-electron chi connectivity index (χ1n) is 10.0. The fourth-order valence-electron chi connectivity index (χ4n) is 3.43. The number of halogens is 3. The van der Waals surface area contributed by atoms with E-state index in [2.05, 4.69) is 32.9 Å². The minimum absolute atomic E-state index is 0.0807. The van der Waals surface area contributed by atoms with Crippen LogP contribution >= 0.6 is 0 Å². The van der Waals surface area contributed by atoms with Gasteiger partial charge in [-0.2, -0.15) is 13.2 Å². The van der Waals surface area contributed by atoms with Crippen LogP contribution in [0, 0.1) is 0 Å². The predicted molar refractivity (Wildman–Crippen MR) is 114 cm³/mol. The molecule has 0 bridgehead atoms. The Morgan fingerprint density at radius 1 is 0.900 bits per heavy atom. The summed E-state index contributed by atoms with van der Waals surface area (Å²) in [6.45, 7) is 8.41. The average molecular weight is 416 g/mol. The van der Waals surface area contributed by atoms with Crippen LogP contribution in [0.15, 0.2) is 54.6 Å². The summed E-state index contributed by atoms with van der Waals surface area (Å²) in [6, 6.07) is 13.5. The number of carbonyl (C=O) groups excluding carboxylic acids is 1. The van der Waals surface area contributed by atoms with E-state index in [1.54, 1.807) is 23.1 Å². The second-order valence-corrected chi connectivity index (χ2v) is 8.57. The van der Waals surface area contributed by atoms with Crippen molar-refractivity contribution >= 4 is 17.7 Å². The number of carbonyl (C=O) groups is 1. The van der Waals surface area contributed by atoms with Crippen molar-refractivity contribution in [1.82, 2.24) is 4.90 Å². The number of piperazine rings is 1. The van der Waals surface area contributed by atoms with Crippen molar-refractivity contribution < 1.29 is 18.0 Å². The van der Waals surface area contributed by atoms with Crippen LogP contribution in [0.4, 0.5) is 18.9 Å². The monoisotopic (exact) mass is 416 g/mol. The van der Waals surface area contributed by atoms with Crippen molar-refractivity contribution in [3.05, 3.63) is 71.3 Å². The van der Waals surface area contributed by atoms with Crippen molar-refractivity contribution in [3.8, 4) is 0 Å². The van der Waals surface area contributed by atoms with Gasteiger partial charge in [0.1, 0.15) is 0 Å². The molecule has 1 fully saturated rings. The molecule has 1 amide bonds. The summed E-state index contributed by atoms with van der Waals surface area (Å²) in [4.78, 5) is 16.1. The summed E-state index contributed by atoms with van der Waals surface area (Å²) in [6.07, 6.45) is -0.996. The van der Waals surface area contributed by atoms with E-state index in [9.17, 15) is 18.0 Å². The Bertz CT molecular complexity index is 903. The molecular formula is C24H27F3N2O. The van der Waals surface area contributed by atoms with Gasteiger partial charge in [0.25, 0.3) is 0 Å². The van der Waals surface area contributed by atoms with Gasteiger partial charge in [0.05, 0.1) is 5.56 Å². The Labute approximate surface area is 175 Å². The van der Waals surface area contributed by atoms with Gasteiger partial charge >= 0.3 is 6.18 Å². The van der Waals surface area contributed by atoms with E-state index in [1.807, 2.05) is 17.0 Å². The quantitative estimate of drug-likeness (QED) is 0.629. The van der Waals surface area contributed by atoms with Crippen molar-refractivity contribution in [2.24, 2.45) is 0 Å². The molecular weight excluding hydrogens is 389 g/mol. The molecule has 0 saturated carbocycles. The number of hydrogen-bond donors (Lipinski definition) is 0. The largest absolute Gasteiger partial charge is 0.416 e. The third kappa shape index (κ3) is 5.43. The molecule has 30 heavy (non-hydrogen) atoms. The fraction of sp³-hybridized carbons (Fsp3) is 0.375. The standard InChI is InChI=1S/C24H27F3N2O/c1-23(2,3)19-10-7-18(8-11-19)9-12-22(30)29-15-13-28(14-16-29)21-6-4-5-20(17-21)24(25,26)27/h4-12,17H,13-16H2,1-3H3. The molecule has 0 N–H and O–H groups in total. The van der Waals surface area contributed by atoms with Crippen LogP contribution in [0.25, 0.3) is 6.08 Å². The lowest BCUT2D eigenvalue weighted by Gasteiger charge is -2.35. The molecule has 2 aromatic carbocycles. The maximum absolute atomic E-state index is 12.9. The fourth-order valence-corrected chi connectivity index (χ4v) is 3.43. The SMILES string of the molecule is CC(C)(C)c1ccc(C=CC(=O)N2CCN(c3cccc(C(F)(F)F)c3)CC2)cc1. The Balaban J connectivity index is 1.57. The van der Waals surface area contributed by atoms with E-state index in [0.29, 0.717) is 31.9 Å². The van der Waals surface area contributed by atoms with Gasteiger partial charge in [0.2, 0.25) is 5.91 Å². The van der Waals surface area contributed by atoms with Crippen LogP contribution in [0.5, 0.6) is 0 Å². The normalized spacial score (nSPS) is 15.7. The summed E-state index contributed by atoms with van der Waals surface area (Å²) < 4.78 is 38.8. The lowest BCUT2D eigenvalue weighted by molar-refractivity contribution is -0.137. The zero-order valence-corrected chi connectivity index (χ0v) is 17.5. The zero-order chi connectivity index (χ0) is 21.9. The van der Waals surface area contributed by atoms with Crippen LogP contribution in [0.2, 0.25) is 0 Å².